The Labute approximate surface area is 198 Å². The lowest BCUT2D eigenvalue weighted by Gasteiger charge is -2.32. The van der Waals surface area contributed by atoms with Gasteiger partial charge in [-0.2, -0.15) is 5.26 Å². The van der Waals surface area contributed by atoms with Gasteiger partial charge in [-0.25, -0.2) is 18.2 Å². The maximum absolute atomic E-state index is 15.2. The van der Waals surface area contributed by atoms with Crippen molar-refractivity contribution in [2.75, 3.05) is 26.7 Å². The molecule has 1 aliphatic heterocycles. The molecule has 1 aliphatic rings. The number of morpholine rings is 1. The molecule has 8 nitrogen and oxygen atoms in total. The van der Waals surface area contributed by atoms with Gasteiger partial charge < -0.3 is 19.4 Å². The number of nitriles is 1. The molecule has 0 aliphatic carbocycles. The summed E-state index contributed by atoms with van der Waals surface area (Å²) in [7, 11) is 1.23. The van der Waals surface area contributed by atoms with E-state index in [2.05, 4.69) is 10.3 Å². The van der Waals surface area contributed by atoms with E-state index in [-0.39, 0.29) is 37.6 Å². The smallest absolute Gasteiger partial charge is 0.254 e. The number of carbonyl (C=O) groups excluding carboxylic acids is 2. The van der Waals surface area contributed by atoms with Crippen LogP contribution in [0.25, 0.3) is 16.9 Å². The van der Waals surface area contributed by atoms with Crippen molar-refractivity contribution in [3.05, 3.63) is 58.7 Å². The van der Waals surface area contributed by atoms with Crippen LogP contribution < -0.4 is 5.32 Å². The molecule has 2 aromatic heterocycles. The van der Waals surface area contributed by atoms with Crippen molar-refractivity contribution in [3.8, 4) is 17.3 Å². The summed E-state index contributed by atoms with van der Waals surface area (Å²) in [5, 5.41) is 11.0. The SMILES string of the molecule is CNC(=O)c1cc(F)c(-c2nc3cc(C)ccn3c2C[C@H]2CN(C(=O)CC#N)CCO2)c(F)c1F. The zero-order valence-corrected chi connectivity index (χ0v) is 19.1. The molecule has 3 heterocycles. The Morgan fingerprint density at radius 1 is 1.29 bits per heavy atom. The van der Waals surface area contributed by atoms with E-state index in [4.69, 9.17) is 10.00 Å². The van der Waals surface area contributed by atoms with Gasteiger partial charge >= 0.3 is 0 Å². The maximum Gasteiger partial charge on any atom is 0.254 e. The van der Waals surface area contributed by atoms with E-state index >= 15 is 8.78 Å². The molecular formula is C24H22F3N5O3. The number of hydrogen-bond acceptors (Lipinski definition) is 5. The van der Waals surface area contributed by atoms with Crippen LogP contribution in [-0.4, -0.2) is 58.9 Å². The number of pyridine rings is 1. The zero-order valence-electron chi connectivity index (χ0n) is 19.1. The van der Waals surface area contributed by atoms with E-state index in [0.29, 0.717) is 24.0 Å². The molecule has 2 amide bonds. The van der Waals surface area contributed by atoms with E-state index in [0.717, 1.165) is 5.56 Å². The maximum atomic E-state index is 15.2. The topological polar surface area (TPSA) is 99.7 Å². The Morgan fingerprint density at radius 3 is 2.77 bits per heavy atom. The summed E-state index contributed by atoms with van der Waals surface area (Å²) in [5.74, 6) is -5.45. The third-order valence-electron chi connectivity index (χ3n) is 5.89. The van der Waals surface area contributed by atoms with Crippen molar-refractivity contribution >= 4 is 17.5 Å². The number of benzene rings is 1. The van der Waals surface area contributed by atoms with Gasteiger partial charge in [0.1, 0.15) is 17.9 Å². The molecule has 182 valence electrons. The fourth-order valence-corrected chi connectivity index (χ4v) is 4.17. The summed E-state index contributed by atoms with van der Waals surface area (Å²) < 4.78 is 52.5. The predicted octanol–water partition coefficient (Wildman–Crippen LogP) is 2.77. The van der Waals surface area contributed by atoms with E-state index in [9.17, 15) is 14.0 Å². The summed E-state index contributed by atoms with van der Waals surface area (Å²) in [6, 6.07) is 5.97. The van der Waals surface area contributed by atoms with Crippen molar-refractivity contribution < 1.29 is 27.5 Å². The first-order chi connectivity index (χ1) is 16.7. The van der Waals surface area contributed by atoms with Gasteiger partial charge in [0.15, 0.2) is 11.6 Å². The Bertz CT molecular complexity index is 1360. The van der Waals surface area contributed by atoms with E-state index < -0.39 is 40.6 Å². The molecule has 35 heavy (non-hydrogen) atoms. The lowest BCUT2D eigenvalue weighted by molar-refractivity contribution is -0.137. The molecule has 0 unspecified atom stereocenters. The van der Waals surface area contributed by atoms with Crippen molar-refractivity contribution in [1.29, 1.82) is 5.26 Å². The Kier molecular flexibility index (Phi) is 6.75. The third kappa shape index (κ3) is 4.57. The summed E-state index contributed by atoms with van der Waals surface area (Å²) in [6.45, 7) is 2.56. The monoisotopic (exact) mass is 485 g/mol. The lowest BCUT2D eigenvalue weighted by Crippen LogP contribution is -2.46. The summed E-state index contributed by atoms with van der Waals surface area (Å²) in [6.07, 6.45) is 0.976. The molecule has 0 bridgehead atoms. The first kappa shape index (κ1) is 24.2. The standard InChI is InChI=1S/C24H22F3N5O3/c1-13-4-6-32-17(10-14-12-31(7-8-35-14)19(33)3-5-28)23(30-18(32)9-13)20-16(25)11-15(24(34)29-2)21(26)22(20)27/h4,6,9,11,14H,3,7-8,10,12H2,1-2H3,(H,29,34)/t14-/m0/s1. The lowest BCUT2D eigenvalue weighted by atomic mass is 10.0. The first-order valence-electron chi connectivity index (χ1n) is 10.9. The predicted molar refractivity (Wildman–Crippen MR) is 119 cm³/mol. The molecule has 1 atom stereocenters. The third-order valence-corrected chi connectivity index (χ3v) is 5.89. The number of rotatable bonds is 5. The highest BCUT2D eigenvalue weighted by molar-refractivity contribution is 5.95. The Hall–Kier alpha value is -3.91. The van der Waals surface area contributed by atoms with Crippen LogP contribution in [0.15, 0.2) is 24.4 Å². The van der Waals surface area contributed by atoms with Crippen molar-refractivity contribution in [3.63, 3.8) is 0 Å². The second-order valence-electron chi connectivity index (χ2n) is 8.20. The van der Waals surface area contributed by atoms with Gasteiger partial charge in [0, 0.05) is 32.8 Å². The average molecular weight is 485 g/mol. The Balaban J connectivity index is 1.81. The van der Waals surface area contributed by atoms with Gasteiger partial charge in [-0.3, -0.25) is 9.59 Å². The number of imidazole rings is 1. The molecule has 3 aromatic rings. The number of aryl methyl sites for hydroxylation is 1. The summed E-state index contributed by atoms with van der Waals surface area (Å²) in [4.78, 5) is 29.9. The van der Waals surface area contributed by atoms with Gasteiger partial charge in [-0.15, -0.1) is 0 Å². The largest absolute Gasteiger partial charge is 0.374 e. The molecule has 11 heteroatoms. The number of nitrogens with one attached hydrogen (secondary N) is 1. The van der Waals surface area contributed by atoms with Crippen LogP contribution >= 0.6 is 0 Å². The quantitative estimate of drug-likeness (QED) is 0.561. The molecule has 1 aromatic carbocycles. The zero-order chi connectivity index (χ0) is 25.3. The summed E-state index contributed by atoms with van der Waals surface area (Å²) >= 11 is 0. The molecule has 4 rings (SSSR count). The van der Waals surface area contributed by atoms with Gasteiger partial charge in [-0.1, -0.05) is 0 Å². The fraction of sp³-hybridized carbons (Fsp3) is 0.333. The summed E-state index contributed by atoms with van der Waals surface area (Å²) in [5.41, 5.74) is 0.0126. The van der Waals surface area contributed by atoms with E-state index in [1.165, 1.54) is 11.9 Å². The first-order valence-corrected chi connectivity index (χ1v) is 10.9. The van der Waals surface area contributed by atoms with Crippen molar-refractivity contribution in [2.45, 2.75) is 25.9 Å². The number of nitrogens with zero attached hydrogens (tertiary/aromatic N) is 4. The van der Waals surface area contributed by atoms with Crippen LogP contribution in [0.3, 0.4) is 0 Å². The minimum atomic E-state index is -1.53. The normalized spacial score (nSPS) is 15.8. The van der Waals surface area contributed by atoms with Crippen LogP contribution in [0.2, 0.25) is 0 Å². The van der Waals surface area contributed by atoms with Gasteiger partial charge in [-0.05, 0) is 30.7 Å². The highest BCUT2D eigenvalue weighted by Crippen LogP contribution is 2.33. The molecule has 0 saturated carbocycles. The average Bonchev–Trinajstić information content (AvgIpc) is 3.17. The van der Waals surface area contributed by atoms with E-state index in [1.54, 1.807) is 22.7 Å². The number of amides is 2. The van der Waals surface area contributed by atoms with Crippen molar-refractivity contribution in [2.24, 2.45) is 0 Å². The minimum absolute atomic E-state index is 0.105. The van der Waals surface area contributed by atoms with E-state index in [1.807, 2.05) is 13.0 Å². The number of fused-ring (bicyclic) bond motifs is 1. The fourth-order valence-electron chi connectivity index (χ4n) is 4.17. The highest BCUT2D eigenvalue weighted by Gasteiger charge is 2.30. The molecule has 1 saturated heterocycles. The number of carbonyl (C=O) groups is 2. The minimum Gasteiger partial charge on any atom is -0.374 e. The Morgan fingerprint density at radius 2 is 2.06 bits per heavy atom. The van der Waals surface area contributed by atoms with Crippen LogP contribution in [-0.2, 0) is 16.0 Å². The highest BCUT2D eigenvalue weighted by atomic mass is 19.2. The molecule has 0 radical (unpaired) electrons. The molecular weight excluding hydrogens is 463 g/mol. The van der Waals surface area contributed by atoms with Crippen LogP contribution in [0, 0.1) is 35.7 Å². The van der Waals surface area contributed by atoms with Gasteiger partial charge in [0.25, 0.3) is 5.91 Å². The molecule has 1 N–H and O–H groups in total. The number of halogens is 3. The van der Waals surface area contributed by atoms with Gasteiger partial charge in [0.05, 0.1) is 41.3 Å². The second kappa shape index (κ2) is 9.76. The van der Waals surface area contributed by atoms with Crippen LogP contribution in [0.5, 0.6) is 0 Å². The molecule has 0 spiro atoms. The van der Waals surface area contributed by atoms with Crippen molar-refractivity contribution in [1.82, 2.24) is 19.6 Å². The second-order valence-corrected chi connectivity index (χ2v) is 8.20. The number of hydrogen-bond donors (Lipinski definition) is 1. The number of ether oxygens (including phenoxy) is 1. The van der Waals surface area contributed by atoms with Gasteiger partial charge in [0.2, 0.25) is 5.91 Å². The van der Waals surface area contributed by atoms with Crippen LogP contribution in [0.1, 0.15) is 28.0 Å². The van der Waals surface area contributed by atoms with Crippen LogP contribution in [0.4, 0.5) is 13.2 Å². The molecule has 1 fully saturated rings. The number of aromatic nitrogens is 2.